The van der Waals surface area contributed by atoms with Crippen LogP contribution >= 0.6 is 0 Å². The number of nitrogens with zero attached hydrogens (tertiary/aromatic N) is 1. The van der Waals surface area contributed by atoms with Crippen molar-refractivity contribution in [2.45, 2.75) is 26.8 Å². The van der Waals surface area contributed by atoms with E-state index >= 15 is 0 Å². The lowest BCUT2D eigenvalue weighted by Crippen LogP contribution is -2.49. The molecule has 2 rings (SSSR count). The van der Waals surface area contributed by atoms with Gasteiger partial charge in [0.1, 0.15) is 0 Å². The first-order chi connectivity index (χ1) is 11.4. The van der Waals surface area contributed by atoms with Crippen LogP contribution in [0.3, 0.4) is 0 Å². The fourth-order valence-electron chi connectivity index (χ4n) is 3.28. The quantitative estimate of drug-likeness (QED) is 0.607. The Morgan fingerprint density at radius 1 is 1.33 bits per heavy atom. The van der Waals surface area contributed by atoms with Crippen LogP contribution < -0.4 is 14.8 Å². The zero-order valence-corrected chi connectivity index (χ0v) is 15.0. The lowest BCUT2D eigenvalue weighted by molar-refractivity contribution is -0.132. The first kappa shape index (κ1) is 18.7. The number of benzene rings is 1. The molecule has 0 radical (unpaired) electrons. The number of aliphatic hydroxyl groups is 1. The van der Waals surface area contributed by atoms with Gasteiger partial charge < -0.3 is 19.9 Å². The van der Waals surface area contributed by atoms with Gasteiger partial charge in [-0.15, -0.1) is 0 Å². The van der Waals surface area contributed by atoms with E-state index in [9.17, 15) is 9.90 Å². The van der Waals surface area contributed by atoms with Gasteiger partial charge >= 0.3 is 5.97 Å². The van der Waals surface area contributed by atoms with Crippen LogP contribution in [-0.2, 0) is 4.79 Å². The van der Waals surface area contributed by atoms with Gasteiger partial charge in [0.25, 0.3) is 0 Å². The van der Waals surface area contributed by atoms with Crippen molar-refractivity contribution in [2.75, 3.05) is 39.9 Å². The van der Waals surface area contributed by atoms with Crippen LogP contribution in [0.1, 0.15) is 32.4 Å². The number of esters is 1. The van der Waals surface area contributed by atoms with E-state index in [-0.39, 0.29) is 24.0 Å². The molecule has 0 unspecified atom stereocenters. The van der Waals surface area contributed by atoms with Crippen LogP contribution in [-0.4, -0.2) is 55.9 Å². The Morgan fingerprint density at radius 2 is 2.00 bits per heavy atom. The average molecular weight is 336 g/mol. The van der Waals surface area contributed by atoms with Gasteiger partial charge in [0, 0.05) is 51.2 Å². The fraction of sp³-hybridized carbons (Fsp3) is 0.611. The van der Waals surface area contributed by atoms with E-state index in [0.717, 1.165) is 31.7 Å². The highest BCUT2D eigenvalue weighted by Crippen LogP contribution is 2.41. The van der Waals surface area contributed by atoms with E-state index in [1.165, 1.54) is 6.92 Å². The molecule has 0 aliphatic carbocycles. The van der Waals surface area contributed by atoms with E-state index in [1.807, 2.05) is 12.1 Å². The summed E-state index contributed by atoms with van der Waals surface area (Å²) in [5.74, 6) is 0.557. The lowest BCUT2D eigenvalue weighted by atomic mass is 9.79. The highest BCUT2D eigenvalue weighted by molar-refractivity contribution is 5.70. The second-order valence-electron chi connectivity index (χ2n) is 6.84. The van der Waals surface area contributed by atoms with Crippen molar-refractivity contribution in [3.63, 3.8) is 0 Å². The van der Waals surface area contributed by atoms with E-state index in [2.05, 4.69) is 24.1 Å². The monoisotopic (exact) mass is 336 g/mol. The lowest BCUT2D eigenvalue weighted by Gasteiger charge is -2.43. The number of carbonyl (C=O) groups is 1. The van der Waals surface area contributed by atoms with Gasteiger partial charge in [-0.3, -0.25) is 9.69 Å². The van der Waals surface area contributed by atoms with Crippen LogP contribution in [0, 0.1) is 5.41 Å². The van der Waals surface area contributed by atoms with E-state index in [4.69, 9.17) is 9.47 Å². The van der Waals surface area contributed by atoms with Crippen molar-refractivity contribution in [3.8, 4) is 11.5 Å². The standard InChI is InChI=1S/C18H28N2O4/c1-13(22)24-15-6-5-14(11-16(15)23-4)17(18(2,3)12-21)20-9-7-19-8-10-20/h5-6,11,17,19,21H,7-10,12H2,1-4H3/t17-/m1/s1. The third-order valence-electron chi connectivity index (χ3n) is 4.42. The molecule has 0 aromatic heterocycles. The Bertz CT molecular complexity index is 568. The Kier molecular flexibility index (Phi) is 6.21. The summed E-state index contributed by atoms with van der Waals surface area (Å²) >= 11 is 0. The summed E-state index contributed by atoms with van der Waals surface area (Å²) in [6, 6.07) is 5.66. The minimum Gasteiger partial charge on any atom is -0.493 e. The number of nitrogens with one attached hydrogen (secondary N) is 1. The summed E-state index contributed by atoms with van der Waals surface area (Å²) in [7, 11) is 1.56. The summed E-state index contributed by atoms with van der Waals surface area (Å²) in [5.41, 5.74) is 0.731. The predicted octanol–water partition coefficient (Wildman–Crippen LogP) is 1.59. The van der Waals surface area contributed by atoms with Crippen molar-refractivity contribution < 1.29 is 19.4 Å². The second-order valence-corrected chi connectivity index (χ2v) is 6.84. The van der Waals surface area contributed by atoms with Crippen molar-refractivity contribution in [2.24, 2.45) is 5.41 Å². The molecule has 1 atom stereocenters. The normalized spacial score (nSPS) is 17.4. The Morgan fingerprint density at radius 3 is 2.54 bits per heavy atom. The third kappa shape index (κ3) is 4.26. The molecule has 1 saturated heterocycles. The largest absolute Gasteiger partial charge is 0.493 e. The first-order valence-electron chi connectivity index (χ1n) is 8.31. The number of methoxy groups -OCH3 is 1. The van der Waals surface area contributed by atoms with Gasteiger partial charge in [0.2, 0.25) is 0 Å². The van der Waals surface area contributed by atoms with Gasteiger partial charge in [-0.1, -0.05) is 19.9 Å². The van der Waals surface area contributed by atoms with Crippen molar-refractivity contribution in [1.29, 1.82) is 0 Å². The molecule has 0 saturated carbocycles. The molecule has 1 heterocycles. The summed E-state index contributed by atoms with van der Waals surface area (Å²) in [5, 5.41) is 13.3. The smallest absolute Gasteiger partial charge is 0.308 e. The molecule has 24 heavy (non-hydrogen) atoms. The Labute approximate surface area is 143 Å². The van der Waals surface area contributed by atoms with Crippen molar-refractivity contribution in [1.82, 2.24) is 10.2 Å². The molecule has 1 aliphatic rings. The van der Waals surface area contributed by atoms with Crippen molar-refractivity contribution in [3.05, 3.63) is 23.8 Å². The molecule has 0 amide bonds. The zero-order valence-electron chi connectivity index (χ0n) is 15.0. The zero-order chi connectivity index (χ0) is 17.7. The number of ether oxygens (including phenoxy) is 2. The van der Waals surface area contributed by atoms with Crippen LogP contribution in [0.4, 0.5) is 0 Å². The number of hydrogen-bond acceptors (Lipinski definition) is 6. The maximum Gasteiger partial charge on any atom is 0.308 e. The van der Waals surface area contributed by atoms with Gasteiger partial charge in [-0.25, -0.2) is 0 Å². The Balaban J connectivity index is 2.40. The van der Waals surface area contributed by atoms with Crippen molar-refractivity contribution >= 4 is 5.97 Å². The predicted molar refractivity (Wildman–Crippen MR) is 92.4 cm³/mol. The van der Waals surface area contributed by atoms with Gasteiger partial charge in [0.05, 0.1) is 7.11 Å². The van der Waals surface area contributed by atoms with Gasteiger partial charge in [-0.2, -0.15) is 0 Å². The molecule has 1 aromatic carbocycles. The molecule has 0 bridgehead atoms. The van der Waals surface area contributed by atoms with Crippen LogP contribution in [0.5, 0.6) is 11.5 Å². The summed E-state index contributed by atoms with van der Waals surface area (Å²) in [6.45, 7) is 9.27. The first-order valence-corrected chi connectivity index (χ1v) is 8.31. The molecule has 2 N–H and O–H groups in total. The van der Waals surface area contributed by atoms with E-state index < -0.39 is 0 Å². The average Bonchev–Trinajstić information content (AvgIpc) is 2.56. The molecular weight excluding hydrogens is 308 g/mol. The minimum atomic E-state index is -0.379. The Hall–Kier alpha value is -1.63. The van der Waals surface area contributed by atoms with E-state index in [0.29, 0.717) is 11.5 Å². The second kappa shape index (κ2) is 7.96. The molecule has 6 heteroatoms. The van der Waals surface area contributed by atoms with Crippen LogP contribution in [0.2, 0.25) is 0 Å². The SMILES string of the molecule is COc1cc([C@@H](N2CCNCC2)C(C)(C)CO)ccc1OC(C)=O. The number of hydrogen-bond donors (Lipinski definition) is 2. The number of rotatable bonds is 6. The van der Waals surface area contributed by atoms with E-state index in [1.54, 1.807) is 13.2 Å². The molecule has 0 spiro atoms. The topological polar surface area (TPSA) is 71.0 Å². The molecule has 134 valence electrons. The molecule has 1 aromatic rings. The summed E-state index contributed by atoms with van der Waals surface area (Å²) in [4.78, 5) is 13.6. The van der Waals surface area contributed by atoms with Gasteiger partial charge in [0.15, 0.2) is 11.5 Å². The summed E-state index contributed by atoms with van der Waals surface area (Å²) in [6.07, 6.45) is 0. The maximum atomic E-state index is 11.2. The van der Waals surface area contributed by atoms with Crippen LogP contribution in [0.25, 0.3) is 0 Å². The molecule has 1 aliphatic heterocycles. The van der Waals surface area contributed by atoms with Gasteiger partial charge in [-0.05, 0) is 17.7 Å². The summed E-state index contributed by atoms with van der Waals surface area (Å²) < 4.78 is 10.6. The molecule has 1 fully saturated rings. The van der Waals surface area contributed by atoms with Crippen LogP contribution in [0.15, 0.2) is 18.2 Å². The highest BCUT2D eigenvalue weighted by atomic mass is 16.6. The minimum absolute atomic E-state index is 0.0462. The maximum absolute atomic E-state index is 11.2. The molecular formula is C18H28N2O4. The molecule has 6 nitrogen and oxygen atoms in total. The number of carbonyl (C=O) groups excluding carboxylic acids is 1. The third-order valence-corrected chi connectivity index (χ3v) is 4.42. The number of aliphatic hydroxyl groups excluding tert-OH is 1. The highest BCUT2D eigenvalue weighted by Gasteiger charge is 2.36. The number of piperazine rings is 1. The fourth-order valence-corrected chi connectivity index (χ4v) is 3.28.